The van der Waals surface area contributed by atoms with Crippen LogP contribution in [-0.4, -0.2) is 16.1 Å². The van der Waals surface area contributed by atoms with Crippen LogP contribution < -0.4 is 10.9 Å². The minimum Gasteiger partial charge on any atom is -0.355 e. The number of para-hydroxylation sites is 1. The summed E-state index contributed by atoms with van der Waals surface area (Å²) in [7, 11) is 0. The first-order valence-corrected chi connectivity index (χ1v) is 9.35. The molecule has 4 rings (SSSR count). The van der Waals surface area contributed by atoms with Crippen LogP contribution in [0.2, 0.25) is 0 Å². The maximum Gasteiger partial charge on any atom is 0.277 e. The van der Waals surface area contributed by atoms with Crippen molar-refractivity contribution in [1.82, 2.24) is 9.55 Å². The lowest BCUT2D eigenvalue weighted by atomic mass is 10.2. The molecule has 0 atom stereocenters. The number of unbranched alkanes of at least 4 members (excludes halogenated alkanes) is 1. The van der Waals surface area contributed by atoms with Crippen LogP contribution in [0, 0.1) is 0 Å². The van der Waals surface area contributed by atoms with Gasteiger partial charge < -0.3 is 5.32 Å². The predicted octanol–water partition coefficient (Wildman–Crippen LogP) is 4.81. The summed E-state index contributed by atoms with van der Waals surface area (Å²) in [5, 5.41) is 4.40. The number of hydrogen-bond acceptors (Lipinski definition) is 4. The molecule has 0 radical (unpaired) electrons. The Bertz CT molecular complexity index is 1080. The highest BCUT2D eigenvalue weighted by Gasteiger charge is 2.16. The van der Waals surface area contributed by atoms with E-state index in [1.54, 1.807) is 4.57 Å². The van der Waals surface area contributed by atoms with Gasteiger partial charge in [-0.3, -0.25) is 4.79 Å². The van der Waals surface area contributed by atoms with Gasteiger partial charge in [0.2, 0.25) is 5.95 Å². The summed E-state index contributed by atoms with van der Waals surface area (Å²) in [5.41, 5.74) is 1.60. The third kappa shape index (κ3) is 2.81. The number of aromatic nitrogens is 2. The van der Waals surface area contributed by atoms with Gasteiger partial charge in [-0.2, -0.15) is 0 Å². The number of anilines is 1. The molecule has 0 bridgehead atoms. The second-order valence-electron chi connectivity index (χ2n) is 5.97. The predicted molar refractivity (Wildman–Crippen MR) is 106 cm³/mol. The Morgan fingerprint density at radius 1 is 1.08 bits per heavy atom. The number of benzene rings is 2. The van der Waals surface area contributed by atoms with Crippen LogP contribution in [0.3, 0.4) is 0 Å². The fraction of sp³-hybridized carbons (Fsp3) is 0.200. The zero-order valence-electron chi connectivity index (χ0n) is 14.0. The molecule has 0 aliphatic carbocycles. The topological polar surface area (TPSA) is 46.9 Å². The molecule has 0 unspecified atom stereocenters. The second-order valence-corrected chi connectivity index (χ2v) is 7.02. The first-order valence-electron chi connectivity index (χ1n) is 8.53. The van der Waals surface area contributed by atoms with Gasteiger partial charge in [0.1, 0.15) is 4.70 Å². The highest BCUT2D eigenvalue weighted by atomic mass is 32.1. The largest absolute Gasteiger partial charge is 0.355 e. The van der Waals surface area contributed by atoms with E-state index in [2.05, 4.69) is 12.2 Å². The van der Waals surface area contributed by atoms with Crippen LogP contribution in [0.4, 0.5) is 5.95 Å². The zero-order chi connectivity index (χ0) is 17.2. The van der Waals surface area contributed by atoms with Gasteiger partial charge in [-0.15, -0.1) is 11.3 Å². The van der Waals surface area contributed by atoms with Crippen molar-refractivity contribution in [2.45, 2.75) is 19.8 Å². The Hall–Kier alpha value is -2.66. The normalized spacial score (nSPS) is 11.2. The molecule has 4 nitrogen and oxygen atoms in total. The lowest BCUT2D eigenvalue weighted by molar-refractivity contribution is 0.817. The van der Waals surface area contributed by atoms with Crippen LogP contribution >= 0.6 is 11.3 Å². The molecule has 0 aliphatic rings. The van der Waals surface area contributed by atoms with E-state index in [9.17, 15) is 4.79 Å². The number of rotatable bonds is 5. The van der Waals surface area contributed by atoms with Gasteiger partial charge in [0.25, 0.3) is 5.56 Å². The number of nitrogens with one attached hydrogen (secondary N) is 1. The van der Waals surface area contributed by atoms with Crippen LogP contribution in [0.15, 0.2) is 59.4 Å². The molecular weight excluding hydrogens is 330 g/mol. The minimum absolute atomic E-state index is 0.0172. The highest BCUT2D eigenvalue weighted by molar-refractivity contribution is 7.25. The number of nitrogens with zero attached hydrogens (tertiary/aromatic N) is 2. The summed E-state index contributed by atoms with van der Waals surface area (Å²) in [5.74, 6) is 0.612. The third-order valence-corrected chi connectivity index (χ3v) is 5.37. The molecule has 0 aliphatic heterocycles. The van der Waals surface area contributed by atoms with Crippen molar-refractivity contribution in [2.24, 2.45) is 0 Å². The maximum atomic E-state index is 13.2. The molecule has 2 aromatic heterocycles. The monoisotopic (exact) mass is 349 g/mol. The quantitative estimate of drug-likeness (QED) is 0.526. The second kappa shape index (κ2) is 6.69. The molecule has 126 valence electrons. The maximum absolute atomic E-state index is 13.2. The molecule has 0 amide bonds. The SMILES string of the molecule is CCCCNc1nc2c(sc3ccccc32)c(=O)n1-c1ccccc1. The van der Waals surface area contributed by atoms with E-state index in [0.29, 0.717) is 10.6 Å². The van der Waals surface area contributed by atoms with Gasteiger partial charge in [0, 0.05) is 16.6 Å². The summed E-state index contributed by atoms with van der Waals surface area (Å²) in [6.07, 6.45) is 2.12. The lowest BCUT2D eigenvalue weighted by Crippen LogP contribution is -2.23. The summed E-state index contributed by atoms with van der Waals surface area (Å²) < 4.78 is 3.48. The van der Waals surface area contributed by atoms with Crippen molar-refractivity contribution in [1.29, 1.82) is 0 Å². The van der Waals surface area contributed by atoms with Crippen molar-refractivity contribution in [2.75, 3.05) is 11.9 Å². The molecule has 4 aromatic rings. The molecule has 2 heterocycles. The minimum atomic E-state index is -0.0172. The molecule has 25 heavy (non-hydrogen) atoms. The van der Waals surface area contributed by atoms with Crippen LogP contribution in [0.25, 0.3) is 26.0 Å². The van der Waals surface area contributed by atoms with E-state index in [1.807, 2.05) is 54.6 Å². The highest BCUT2D eigenvalue weighted by Crippen LogP contribution is 2.31. The van der Waals surface area contributed by atoms with E-state index < -0.39 is 0 Å². The van der Waals surface area contributed by atoms with Crippen molar-refractivity contribution < 1.29 is 0 Å². The van der Waals surface area contributed by atoms with E-state index >= 15 is 0 Å². The first kappa shape index (κ1) is 15.8. The Morgan fingerprint density at radius 3 is 2.64 bits per heavy atom. The van der Waals surface area contributed by atoms with Gasteiger partial charge in [0.05, 0.1) is 11.2 Å². The summed E-state index contributed by atoms with van der Waals surface area (Å²) >= 11 is 1.51. The fourth-order valence-electron chi connectivity index (χ4n) is 2.95. The Balaban J connectivity index is 2.00. The van der Waals surface area contributed by atoms with Gasteiger partial charge in [-0.1, -0.05) is 49.7 Å². The van der Waals surface area contributed by atoms with Crippen molar-refractivity contribution in [3.63, 3.8) is 0 Å². The van der Waals surface area contributed by atoms with E-state index in [0.717, 1.165) is 40.7 Å². The van der Waals surface area contributed by atoms with Crippen molar-refractivity contribution >= 4 is 37.6 Å². The average molecular weight is 349 g/mol. The van der Waals surface area contributed by atoms with Gasteiger partial charge in [-0.05, 0) is 24.6 Å². The van der Waals surface area contributed by atoms with Gasteiger partial charge in [-0.25, -0.2) is 9.55 Å². The molecule has 5 heteroatoms. The number of hydrogen-bond donors (Lipinski definition) is 1. The standard InChI is InChI=1S/C20H19N3OS/c1-2-3-13-21-20-22-17-15-11-7-8-12-16(15)25-18(17)19(24)23(20)14-9-5-4-6-10-14/h4-12H,2-3,13H2,1H3,(H,21,22). The van der Waals surface area contributed by atoms with Crippen molar-refractivity contribution in [3.8, 4) is 5.69 Å². The molecule has 0 spiro atoms. The summed E-state index contributed by atoms with van der Waals surface area (Å²) in [6, 6.07) is 17.8. The average Bonchev–Trinajstić information content (AvgIpc) is 3.02. The smallest absolute Gasteiger partial charge is 0.277 e. The molecule has 0 saturated heterocycles. The number of thiophene rings is 1. The Morgan fingerprint density at radius 2 is 1.84 bits per heavy atom. The van der Waals surface area contributed by atoms with Crippen LogP contribution in [0.5, 0.6) is 0 Å². The van der Waals surface area contributed by atoms with Crippen molar-refractivity contribution in [3.05, 3.63) is 65.0 Å². The molecular formula is C20H19N3OS. The van der Waals surface area contributed by atoms with Crippen LogP contribution in [0.1, 0.15) is 19.8 Å². The zero-order valence-corrected chi connectivity index (χ0v) is 14.8. The number of fused-ring (bicyclic) bond motifs is 3. The molecule has 1 N–H and O–H groups in total. The summed E-state index contributed by atoms with van der Waals surface area (Å²) in [4.78, 5) is 18.1. The van der Waals surface area contributed by atoms with E-state index in [4.69, 9.17) is 4.98 Å². The molecule has 0 saturated carbocycles. The fourth-order valence-corrected chi connectivity index (χ4v) is 4.03. The van der Waals surface area contributed by atoms with E-state index in [-0.39, 0.29) is 5.56 Å². The first-order chi connectivity index (χ1) is 12.3. The molecule has 2 aromatic carbocycles. The lowest BCUT2D eigenvalue weighted by Gasteiger charge is -2.13. The van der Waals surface area contributed by atoms with Crippen LogP contribution in [-0.2, 0) is 0 Å². The third-order valence-electron chi connectivity index (χ3n) is 4.22. The van der Waals surface area contributed by atoms with Gasteiger partial charge >= 0.3 is 0 Å². The Kier molecular flexibility index (Phi) is 4.24. The molecule has 0 fully saturated rings. The Labute approximate surface area is 149 Å². The van der Waals surface area contributed by atoms with E-state index in [1.165, 1.54) is 11.3 Å². The summed E-state index contributed by atoms with van der Waals surface area (Å²) in [6.45, 7) is 2.94. The van der Waals surface area contributed by atoms with Gasteiger partial charge in [0.15, 0.2) is 0 Å².